The largest absolute Gasteiger partial charge is 0.419 e. The second-order valence-corrected chi connectivity index (χ2v) is 5.97. The predicted molar refractivity (Wildman–Crippen MR) is 79.8 cm³/mol. The molecular formula is C15H18ClN3O2. The Morgan fingerprint density at radius 3 is 3.05 bits per heavy atom. The topological polar surface area (TPSA) is 62.4 Å². The van der Waals surface area contributed by atoms with Gasteiger partial charge in [-0.1, -0.05) is 17.7 Å². The van der Waals surface area contributed by atoms with Crippen molar-refractivity contribution in [3.63, 3.8) is 0 Å². The molecule has 1 aromatic heterocycles. The van der Waals surface area contributed by atoms with Crippen molar-refractivity contribution < 1.29 is 9.52 Å². The first-order valence-corrected chi connectivity index (χ1v) is 7.48. The van der Waals surface area contributed by atoms with Gasteiger partial charge in [-0.2, -0.15) is 0 Å². The van der Waals surface area contributed by atoms with Gasteiger partial charge in [0.15, 0.2) is 0 Å². The Bertz CT molecular complexity index is 614. The van der Waals surface area contributed by atoms with Crippen molar-refractivity contribution in [1.29, 1.82) is 0 Å². The lowest BCUT2D eigenvalue weighted by Gasteiger charge is -2.15. The zero-order chi connectivity index (χ0) is 14.8. The number of aliphatic hydroxyl groups is 1. The summed E-state index contributed by atoms with van der Waals surface area (Å²) in [7, 11) is 0. The molecule has 3 rings (SSSR count). The third-order valence-electron chi connectivity index (χ3n) is 3.89. The maximum absolute atomic E-state index is 9.62. The van der Waals surface area contributed by atoms with E-state index in [0.29, 0.717) is 29.3 Å². The Kier molecular flexibility index (Phi) is 4.24. The van der Waals surface area contributed by atoms with Gasteiger partial charge >= 0.3 is 0 Å². The number of aromatic nitrogens is 2. The van der Waals surface area contributed by atoms with E-state index in [4.69, 9.17) is 16.0 Å². The minimum atomic E-state index is -0.264. The van der Waals surface area contributed by atoms with Crippen LogP contribution in [0.2, 0.25) is 5.02 Å². The molecule has 6 heteroatoms. The molecular weight excluding hydrogens is 290 g/mol. The molecule has 2 aromatic rings. The number of halogens is 1. The first-order valence-electron chi connectivity index (χ1n) is 7.10. The maximum Gasteiger partial charge on any atom is 0.247 e. The molecule has 21 heavy (non-hydrogen) atoms. The second kappa shape index (κ2) is 6.13. The highest BCUT2D eigenvalue weighted by Gasteiger charge is 2.27. The van der Waals surface area contributed by atoms with E-state index in [2.05, 4.69) is 15.1 Å². The molecule has 2 unspecified atom stereocenters. The van der Waals surface area contributed by atoms with Gasteiger partial charge in [0.05, 0.1) is 12.6 Å². The summed E-state index contributed by atoms with van der Waals surface area (Å²) in [6, 6.07) is 7.36. The van der Waals surface area contributed by atoms with Crippen molar-refractivity contribution in [1.82, 2.24) is 15.1 Å². The predicted octanol–water partition coefficient (Wildman–Crippen LogP) is 2.59. The van der Waals surface area contributed by atoms with Gasteiger partial charge in [-0.05, 0) is 44.0 Å². The first-order chi connectivity index (χ1) is 10.1. The maximum atomic E-state index is 9.62. The third kappa shape index (κ3) is 3.43. The standard InChI is InChI=1S/C15H18ClN3O2/c1-10(20)12-5-6-19(8-12)9-14-17-18-15(21-14)11-3-2-4-13(16)7-11/h2-4,7,10,12,20H,5-6,8-9H2,1H3. The van der Waals surface area contributed by atoms with Crippen LogP contribution in [0.1, 0.15) is 19.2 Å². The van der Waals surface area contributed by atoms with Gasteiger partial charge in [-0.15, -0.1) is 10.2 Å². The number of benzene rings is 1. The van der Waals surface area contributed by atoms with Gasteiger partial charge in [0.2, 0.25) is 11.8 Å². The number of aliphatic hydroxyl groups excluding tert-OH is 1. The highest BCUT2D eigenvalue weighted by molar-refractivity contribution is 6.30. The number of hydrogen-bond acceptors (Lipinski definition) is 5. The molecule has 0 bridgehead atoms. The van der Waals surface area contributed by atoms with E-state index in [0.717, 1.165) is 25.1 Å². The summed E-state index contributed by atoms with van der Waals surface area (Å²) in [5.41, 5.74) is 0.824. The molecule has 1 aromatic carbocycles. The fourth-order valence-corrected chi connectivity index (χ4v) is 2.84. The molecule has 1 aliphatic heterocycles. The first kappa shape index (κ1) is 14.5. The quantitative estimate of drug-likeness (QED) is 0.940. The highest BCUT2D eigenvalue weighted by Crippen LogP contribution is 2.24. The summed E-state index contributed by atoms with van der Waals surface area (Å²) in [5.74, 6) is 1.41. The fourth-order valence-electron chi connectivity index (χ4n) is 2.65. The van der Waals surface area contributed by atoms with Crippen LogP contribution in [0, 0.1) is 5.92 Å². The van der Waals surface area contributed by atoms with Crippen molar-refractivity contribution in [2.45, 2.75) is 26.0 Å². The lowest BCUT2D eigenvalue weighted by molar-refractivity contribution is 0.126. The molecule has 1 aliphatic rings. The molecule has 0 spiro atoms. The zero-order valence-corrected chi connectivity index (χ0v) is 12.6. The van der Waals surface area contributed by atoms with Crippen molar-refractivity contribution in [3.05, 3.63) is 35.2 Å². The van der Waals surface area contributed by atoms with E-state index in [1.54, 1.807) is 6.07 Å². The summed E-state index contributed by atoms with van der Waals surface area (Å²) in [6.07, 6.45) is 0.743. The SMILES string of the molecule is CC(O)C1CCN(Cc2nnc(-c3cccc(Cl)c3)o2)C1. The molecule has 2 atom stereocenters. The van der Waals surface area contributed by atoms with Gasteiger partial charge in [-0.3, -0.25) is 4.90 Å². The van der Waals surface area contributed by atoms with Crippen molar-refractivity contribution in [2.75, 3.05) is 13.1 Å². The Morgan fingerprint density at radius 1 is 1.48 bits per heavy atom. The minimum absolute atomic E-state index is 0.264. The molecule has 1 saturated heterocycles. The highest BCUT2D eigenvalue weighted by atomic mass is 35.5. The van der Waals surface area contributed by atoms with Crippen LogP contribution in [0.4, 0.5) is 0 Å². The molecule has 112 valence electrons. The van der Waals surface area contributed by atoms with Crippen LogP contribution in [0.3, 0.4) is 0 Å². The van der Waals surface area contributed by atoms with Crippen molar-refractivity contribution >= 4 is 11.6 Å². The van der Waals surface area contributed by atoms with Crippen LogP contribution in [0.5, 0.6) is 0 Å². The molecule has 1 fully saturated rings. The van der Waals surface area contributed by atoms with Gasteiger partial charge < -0.3 is 9.52 Å². The van der Waals surface area contributed by atoms with E-state index < -0.39 is 0 Å². The van der Waals surface area contributed by atoms with Gasteiger partial charge in [0, 0.05) is 17.1 Å². The third-order valence-corrected chi connectivity index (χ3v) is 4.12. The monoisotopic (exact) mass is 307 g/mol. The van der Waals surface area contributed by atoms with Crippen LogP contribution >= 0.6 is 11.6 Å². The van der Waals surface area contributed by atoms with Gasteiger partial charge in [0.25, 0.3) is 0 Å². The lowest BCUT2D eigenvalue weighted by atomic mass is 10.0. The summed E-state index contributed by atoms with van der Waals surface area (Å²) >= 11 is 5.96. The van der Waals surface area contributed by atoms with Gasteiger partial charge in [0.1, 0.15) is 0 Å². The van der Waals surface area contributed by atoms with E-state index in [1.165, 1.54) is 0 Å². The molecule has 0 radical (unpaired) electrons. The van der Waals surface area contributed by atoms with Crippen LogP contribution in [-0.2, 0) is 6.54 Å². The average Bonchev–Trinajstić information content (AvgIpc) is 3.08. The Balaban J connectivity index is 1.66. The molecule has 2 heterocycles. The zero-order valence-electron chi connectivity index (χ0n) is 11.9. The minimum Gasteiger partial charge on any atom is -0.419 e. The van der Waals surface area contributed by atoms with Crippen molar-refractivity contribution in [3.8, 4) is 11.5 Å². The smallest absolute Gasteiger partial charge is 0.247 e. The summed E-state index contributed by atoms with van der Waals surface area (Å²) < 4.78 is 5.70. The Labute approximate surface area is 128 Å². The second-order valence-electron chi connectivity index (χ2n) is 5.54. The van der Waals surface area contributed by atoms with Crippen LogP contribution in [0.25, 0.3) is 11.5 Å². The average molecular weight is 308 g/mol. The summed E-state index contributed by atoms with van der Waals surface area (Å²) in [6.45, 7) is 4.28. The number of nitrogens with zero attached hydrogens (tertiary/aromatic N) is 3. The van der Waals surface area contributed by atoms with Crippen LogP contribution < -0.4 is 0 Å². The fraction of sp³-hybridized carbons (Fsp3) is 0.467. The number of likely N-dealkylation sites (tertiary alicyclic amines) is 1. The summed E-state index contributed by atoms with van der Waals surface area (Å²) in [4.78, 5) is 2.23. The van der Waals surface area contributed by atoms with Crippen LogP contribution in [0.15, 0.2) is 28.7 Å². The van der Waals surface area contributed by atoms with Crippen LogP contribution in [-0.4, -0.2) is 39.4 Å². The van der Waals surface area contributed by atoms with E-state index in [1.807, 2.05) is 25.1 Å². The lowest BCUT2D eigenvalue weighted by Crippen LogP contribution is -2.24. The van der Waals surface area contributed by atoms with E-state index in [9.17, 15) is 5.11 Å². The van der Waals surface area contributed by atoms with E-state index in [-0.39, 0.29) is 6.10 Å². The Hall–Kier alpha value is -1.43. The number of rotatable bonds is 4. The molecule has 0 saturated carbocycles. The summed E-state index contributed by atoms with van der Waals surface area (Å²) in [5, 5.41) is 18.4. The molecule has 1 N–H and O–H groups in total. The van der Waals surface area contributed by atoms with Gasteiger partial charge in [-0.25, -0.2) is 0 Å². The molecule has 0 aliphatic carbocycles. The number of hydrogen-bond donors (Lipinski definition) is 1. The van der Waals surface area contributed by atoms with E-state index >= 15 is 0 Å². The molecule has 5 nitrogen and oxygen atoms in total. The Morgan fingerprint density at radius 2 is 2.33 bits per heavy atom. The molecule has 0 amide bonds. The van der Waals surface area contributed by atoms with Crippen molar-refractivity contribution in [2.24, 2.45) is 5.92 Å². The normalized spacial score (nSPS) is 20.8.